The number of rotatable bonds is 5. The van der Waals surface area contributed by atoms with Gasteiger partial charge in [-0.2, -0.15) is 0 Å². The Kier molecular flexibility index (Phi) is 7.48. The molecule has 4 nitrogen and oxygen atoms in total. The zero-order valence-corrected chi connectivity index (χ0v) is 18.6. The van der Waals surface area contributed by atoms with Gasteiger partial charge < -0.3 is 10.4 Å². The van der Waals surface area contributed by atoms with E-state index in [1.807, 2.05) is 30.3 Å². The molecule has 0 radical (unpaired) electrons. The molecule has 1 aromatic carbocycles. The molecule has 2 fully saturated rings. The van der Waals surface area contributed by atoms with Crippen molar-refractivity contribution in [1.29, 1.82) is 0 Å². The maximum atomic E-state index is 13.3. The summed E-state index contributed by atoms with van der Waals surface area (Å²) in [5, 5.41) is 14.8. The summed E-state index contributed by atoms with van der Waals surface area (Å²) in [7, 11) is 0. The van der Waals surface area contributed by atoms with Gasteiger partial charge in [0.15, 0.2) is 5.60 Å². The van der Waals surface area contributed by atoms with E-state index in [1.165, 1.54) is 24.8 Å². The number of nitrogens with zero attached hydrogens (tertiary/aromatic N) is 1. The fraction of sp³-hybridized carbons (Fsp3) is 0.593. The van der Waals surface area contributed by atoms with Gasteiger partial charge in [-0.25, -0.2) is 0 Å². The SMILES string of the molecule is O=C(NC1CCN(CC#CC2=CCCCC2)CC1)C(O)(c1ccccc1)C1CCCC1. The number of nitrogens with one attached hydrogen (secondary N) is 1. The van der Waals surface area contributed by atoms with E-state index < -0.39 is 5.60 Å². The first-order chi connectivity index (χ1) is 15.2. The van der Waals surface area contributed by atoms with Gasteiger partial charge >= 0.3 is 0 Å². The Morgan fingerprint density at radius 1 is 1.06 bits per heavy atom. The molecule has 4 heteroatoms. The van der Waals surface area contributed by atoms with Crippen LogP contribution in [0.4, 0.5) is 0 Å². The van der Waals surface area contributed by atoms with Crippen LogP contribution < -0.4 is 5.32 Å². The zero-order chi connectivity index (χ0) is 21.5. The van der Waals surface area contributed by atoms with E-state index in [4.69, 9.17) is 0 Å². The standard InChI is InChI=1S/C27H36N2O2/c30-26(27(31,24-15-7-8-16-24)23-13-5-2-6-14-23)28-25-17-20-29(21-18-25)19-9-12-22-10-3-1-4-11-22/h2,5-6,10,13-14,24-25,31H,1,3-4,7-8,11,15-21H2,(H,28,30). The highest BCUT2D eigenvalue weighted by molar-refractivity contribution is 5.87. The summed E-state index contributed by atoms with van der Waals surface area (Å²) in [5.74, 6) is 6.48. The summed E-state index contributed by atoms with van der Waals surface area (Å²) >= 11 is 0. The number of piperidine rings is 1. The Balaban J connectivity index is 1.32. The van der Waals surface area contributed by atoms with E-state index in [0.717, 1.165) is 70.1 Å². The first-order valence-corrected chi connectivity index (χ1v) is 12.2. The molecule has 0 spiro atoms. The lowest BCUT2D eigenvalue weighted by Gasteiger charge is -2.37. The second-order valence-corrected chi connectivity index (χ2v) is 9.41. The van der Waals surface area contributed by atoms with E-state index in [0.29, 0.717) is 0 Å². The third-order valence-corrected chi connectivity index (χ3v) is 7.27. The monoisotopic (exact) mass is 420 g/mol. The molecule has 1 saturated carbocycles. The summed E-state index contributed by atoms with van der Waals surface area (Å²) in [5.41, 5.74) is 0.610. The minimum atomic E-state index is -1.42. The molecule has 3 aliphatic rings. The second-order valence-electron chi connectivity index (χ2n) is 9.41. The Morgan fingerprint density at radius 3 is 2.48 bits per heavy atom. The predicted molar refractivity (Wildman–Crippen MR) is 124 cm³/mol. The van der Waals surface area contributed by atoms with Crippen molar-refractivity contribution in [2.75, 3.05) is 19.6 Å². The van der Waals surface area contributed by atoms with Gasteiger partial charge in [0, 0.05) is 25.0 Å². The van der Waals surface area contributed by atoms with Crippen LogP contribution in [0, 0.1) is 17.8 Å². The summed E-state index contributed by atoms with van der Waals surface area (Å²) in [6, 6.07) is 9.65. The number of benzene rings is 1. The number of likely N-dealkylation sites (tertiary alicyclic amines) is 1. The van der Waals surface area contributed by atoms with Crippen LogP contribution in [0.15, 0.2) is 42.0 Å². The van der Waals surface area contributed by atoms with Crippen molar-refractivity contribution in [3.05, 3.63) is 47.5 Å². The number of amides is 1. The summed E-state index contributed by atoms with van der Waals surface area (Å²) in [4.78, 5) is 15.7. The molecule has 1 aromatic rings. The smallest absolute Gasteiger partial charge is 0.257 e. The quantitative estimate of drug-likeness (QED) is 0.704. The maximum absolute atomic E-state index is 13.3. The average molecular weight is 421 g/mol. The highest BCUT2D eigenvalue weighted by atomic mass is 16.3. The van der Waals surface area contributed by atoms with Crippen molar-refractivity contribution in [1.82, 2.24) is 10.2 Å². The highest BCUT2D eigenvalue weighted by Crippen LogP contribution is 2.41. The largest absolute Gasteiger partial charge is 0.375 e. The molecule has 2 N–H and O–H groups in total. The van der Waals surface area contributed by atoms with Crippen molar-refractivity contribution in [2.45, 2.75) is 75.9 Å². The lowest BCUT2D eigenvalue weighted by atomic mass is 9.79. The number of carbonyl (C=O) groups excluding carboxylic acids is 1. The number of carbonyl (C=O) groups is 1. The van der Waals surface area contributed by atoms with Crippen LogP contribution >= 0.6 is 0 Å². The minimum Gasteiger partial charge on any atom is -0.375 e. The van der Waals surface area contributed by atoms with Gasteiger partial charge in [-0.3, -0.25) is 9.69 Å². The van der Waals surface area contributed by atoms with Gasteiger partial charge in [0.05, 0.1) is 6.54 Å². The normalized spacial score (nSPS) is 22.8. The van der Waals surface area contributed by atoms with E-state index in [1.54, 1.807) is 0 Å². The molecule has 0 bridgehead atoms. The molecule has 1 atom stereocenters. The Bertz CT molecular complexity index is 824. The third-order valence-electron chi connectivity index (χ3n) is 7.27. The third kappa shape index (κ3) is 5.40. The minimum absolute atomic E-state index is 0.000597. The lowest BCUT2D eigenvalue weighted by Crippen LogP contribution is -2.54. The molecule has 1 heterocycles. The van der Waals surface area contributed by atoms with E-state index in [2.05, 4.69) is 28.1 Å². The molecule has 2 aliphatic carbocycles. The van der Waals surface area contributed by atoms with Gasteiger partial charge in [-0.05, 0) is 62.5 Å². The highest BCUT2D eigenvalue weighted by Gasteiger charge is 2.46. The van der Waals surface area contributed by atoms with Crippen LogP contribution in [0.2, 0.25) is 0 Å². The molecular formula is C27H36N2O2. The molecule has 1 aliphatic heterocycles. The van der Waals surface area contributed by atoms with Gasteiger partial charge in [-0.1, -0.05) is 61.1 Å². The van der Waals surface area contributed by atoms with Crippen molar-refractivity contribution in [3.63, 3.8) is 0 Å². The van der Waals surface area contributed by atoms with Crippen molar-refractivity contribution < 1.29 is 9.90 Å². The molecule has 1 amide bonds. The number of allylic oxidation sites excluding steroid dienone is 2. The Morgan fingerprint density at radius 2 is 1.81 bits per heavy atom. The zero-order valence-electron chi connectivity index (χ0n) is 18.6. The van der Waals surface area contributed by atoms with Gasteiger partial charge in [0.2, 0.25) is 0 Å². The first-order valence-electron chi connectivity index (χ1n) is 12.2. The van der Waals surface area contributed by atoms with Crippen LogP contribution in [0.1, 0.15) is 69.8 Å². The van der Waals surface area contributed by atoms with Gasteiger partial charge in [-0.15, -0.1) is 0 Å². The van der Waals surface area contributed by atoms with Crippen molar-refractivity contribution in [3.8, 4) is 11.8 Å². The number of hydrogen-bond acceptors (Lipinski definition) is 3. The van der Waals surface area contributed by atoms with E-state index in [9.17, 15) is 9.90 Å². The molecule has 1 unspecified atom stereocenters. The second kappa shape index (κ2) is 10.5. The Hall–Kier alpha value is -2.09. The van der Waals surface area contributed by atoms with Gasteiger partial charge in [0.25, 0.3) is 5.91 Å². The molecular weight excluding hydrogens is 384 g/mol. The summed E-state index contributed by atoms with van der Waals surface area (Å²) in [6.45, 7) is 2.67. The van der Waals surface area contributed by atoms with E-state index >= 15 is 0 Å². The fourth-order valence-corrected chi connectivity index (χ4v) is 5.34. The molecule has 1 saturated heterocycles. The molecule has 31 heavy (non-hydrogen) atoms. The summed E-state index contributed by atoms with van der Waals surface area (Å²) < 4.78 is 0. The van der Waals surface area contributed by atoms with Crippen LogP contribution in [0.5, 0.6) is 0 Å². The Labute approximate surface area is 187 Å². The topological polar surface area (TPSA) is 52.6 Å². The number of hydrogen-bond donors (Lipinski definition) is 2. The van der Waals surface area contributed by atoms with Crippen LogP contribution in [-0.2, 0) is 10.4 Å². The first kappa shape index (κ1) is 22.1. The van der Waals surface area contributed by atoms with Crippen LogP contribution in [0.25, 0.3) is 0 Å². The van der Waals surface area contributed by atoms with E-state index in [-0.39, 0.29) is 17.9 Å². The average Bonchev–Trinajstić information content (AvgIpc) is 3.36. The van der Waals surface area contributed by atoms with Crippen LogP contribution in [-0.4, -0.2) is 41.6 Å². The van der Waals surface area contributed by atoms with Crippen molar-refractivity contribution >= 4 is 5.91 Å². The summed E-state index contributed by atoms with van der Waals surface area (Å²) in [6.07, 6.45) is 13.0. The lowest BCUT2D eigenvalue weighted by molar-refractivity contribution is -0.148. The molecule has 4 rings (SSSR count). The van der Waals surface area contributed by atoms with Crippen molar-refractivity contribution in [2.24, 2.45) is 5.92 Å². The molecule has 166 valence electrons. The maximum Gasteiger partial charge on any atom is 0.257 e. The van der Waals surface area contributed by atoms with Crippen LogP contribution in [0.3, 0.4) is 0 Å². The molecule has 0 aromatic heterocycles. The predicted octanol–water partition coefficient (Wildman–Crippen LogP) is 4.15. The van der Waals surface area contributed by atoms with Gasteiger partial charge in [0.1, 0.15) is 0 Å². The number of aliphatic hydroxyl groups is 1. The fourth-order valence-electron chi connectivity index (χ4n) is 5.34.